The number of carbonyl (C=O) groups excluding carboxylic acids is 1. The minimum absolute atomic E-state index is 0.178. The van der Waals surface area contributed by atoms with Gasteiger partial charge >= 0.3 is 0 Å². The summed E-state index contributed by atoms with van der Waals surface area (Å²) in [6.07, 6.45) is 5.24. The minimum atomic E-state index is -1.01. The van der Waals surface area contributed by atoms with E-state index < -0.39 is 5.54 Å². The minimum Gasteiger partial charge on any atom is -0.353 e. The van der Waals surface area contributed by atoms with Crippen molar-refractivity contribution >= 4 is 17.5 Å². The maximum atomic E-state index is 13.4. The van der Waals surface area contributed by atoms with Gasteiger partial charge in [-0.1, -0.05) is 29.8 Å². The quantitative estimate of drug-likeness (QED) is 0.701. The molecule has 2 heterocycles. The van der Waals surface area contributed by atoms with Crippen molar-refractivity contribution in [3.05, 3.63) is 88.2 Å². The third kappa shape index (κ3) is 3.39. The molecule has 5 nitrogen and oxygen atoms in total. The molecule has 0 aliphatic carbocycles. The van der Waals surface area contributed by atoms with Crippen LogP contribution < -0.4 is 5.32 Å². The second kappa shape index (κ2) is 7.69. The number of halogens is 2. The Kier molecular flexibility index (Phi) is 5.08. The van der Waals surface area contributed by atoms with Crippen molar-refractivity contribution in [2.75, 3.05) is 6.54 Å². The van der Waals surface area contributed by atoms with Gasteiger partial charge in [-0.05, 0) is 49.1 Å². The summed E-state index contributed by atoms with van der Waals surface area (Å²) < 4.78 is 14.9. The maximum absolute atomic E-state index is 13.4. The molecule has 0 radical (unpaired) electrons. The van der Waals surface area contributed by atoms with Crippen LogP contribution in [0.4, 0.5) is 4.39 Å². The zero-order valence-corrected chi connectivity index (χ0v) is 16.3. The predicted molar refractivity (Wildman–Crippen MR) is 107 cm³/mol. The second-order valence-corrected chi connectivity index (χ2v) is 7.46. The number of aromatic nitrogens is 2. The van der Waals surface area contributed by atoms with Crippen LogP contribution in [-0.2, 0) is 23.2 Å². The van der Waals surface area contributed by atoms with E-state index in [0.29, 0.717) is 42.0 Å². The molecule has 0 bridgehead atoms. The SMILES string of the molecule is N#Cc1ccc(C2(C(=O)NCCc3ccc(F)cc3)CCc3cncn32)c(Cl)c1. The monoisotopic (exact) mass is 408 g/mol. The van der Waals surface area contributed by atoms with Crippen molar-refractivity contribution in [2.45, 2.75) is 24.8 Å². The third-order valence-electron chi connectivity index (χ3n) is 5.40. The zero-order valence-electron chi connectivity index (χ0n) is 15.5. The number of hydrogen-bond donors (Lipinski definition) is 1. The van der Waals surface area contributed by atoms with Crippen molar-refractivity contribution < 1.29 is 9.18 Å². The molecule has 146 valence electrons. The normalized spacial score (nSPS) is 17.6. The fourth-order valence-corrected chi connectivity index (χ4v) is 4.26. The predicted octanol–water partition coefficient (Wildman–Crippen LogP) is 3.60. The lowest BCUT2D eigenvalue weighted by Crippen LogP contribution is -2.48. The number of rotatable bonds is 5. The molecular weight excluding hydrogens is 391 g/mol. The van der Waals surface area contributed by atoms with Gasteiger partial charge in [0, 0.05) is 29.0 Å². The number of aryl methyl sites for hydroxylation is 1. The van der Waals surface area contributed by atoms with Crippen molar-refractivity contribution in [3.63, 3.8) is 0 Å². The maximum Gasteiger partial charge on any atom is 0.251 e. The largest absolute Gasteiger partial charge is 0.353 e. The first-order chi connectivity index (χ1) is 14.0. The van der Waals surface area contributed by atoms with Gasteiger partial charge in [-0.3, -0.25) is 4.79 Å². The summed E-state index contributed by atoms with van der Waals surface area (Å²) in [5.41, 5.74) is 1.97. The van der Waals surface area contributed by atoms with Crippen LogP contribution in [0.2, 0.25) is 5.02 Å². The van der Waals surface area contributed by atoms with E-state index in [4.69, 9.17) is 16.9 Å². The molecule has 0 fully saturated rings. The third-order valence-corrected chi connectivity index (χ3v) is 5.71. The molecule has 2 aromatic carbocycles. The molecule has 1 unspecified atom stereocenters. The summed E-state index contributed by atoms with van der Waals surface area (Å²) in [5.74, 6) is -0.464. The topological polar surface area (TPSA) is 70.7 Å². The first-order valence-corrected chi connectivity index (χ1v) is 9.67. The highest BCUT2D eigenvalue weighted by Gasteiger charge is 2.47. The van der Waals surface area contributed by atoms with Crippen molar-refractivity contribution in [3.8, 4) is 6.07 Å². The van der Waals surface area contributed by atoms with Crippen molar-refractivity contribution in [2.24, 2.45) is 0 Å². The highest BCUT2D eigenvalue weighted by Crippen LogP contribution is 2.41. The number of amides is 1. The smallest absolute Gasteiger partial charge is 0.251 e. The lowest BCUT2D eigenvalue weighted by atomic mass is 9.85. The van der Waals surface area contributed by atoms with E-state index in [0.717, 1.165) is 11.3 Å². The van der Waals surface area contributed by atoms with E-state index in [9.17, 15) is 9.18 Å². The van der Waals surface area contributed by atoms with Gasteiger partial charge in [0.2, 0.25) is 0 Å². The first kappa shape index (κ1) is 19.2. The van der Waals surface area contributed by atoms with Gasteiger partial charge < -0.3 is 9.88 Å². The molecule has 29 heavy (non-hydrogen) atoms. The van der Waals surface area contributed by atoms with Gasteiger partial charge in [0.05, 0.1) is 18.0 Å². The molecule has 1 aromatic heterocycles. The van der Waals surface area contributed by atoms with Gasteiger partial charge in [0.25, 0.3) is 5.91 Å². The molecule has 7 heteroatoms. The average molecular weight is 409 g/mol. The molecule has 4 rings (SSSR count). The molecule has 1 atom stereocenters. The second-order valence-electron chi connectivity index (χ2n) is 7.05. The lowest BCUT2D eigenvalue weighted by molar-refractivity contribution is -0.127. The van der Waals surface area contributed by atoms with E-state index in [2.05, 4.69) is 16.4 Å². The summed E-state index contributed by atoms with van der Waals surface area (Å²) in [7, 11) is 0. The van der Waals surface area contributed by atoms with Crippen LogP contribution in [0.25, 0.3) is 0 Å². The standard InChI is InChI=1S/C22H18ClFN4O/c23-20-11-16(12-25)3-6-19(20)22(9-7-18-13-26-14-28(18)22)21(29)27-10-8-15-1-4-17(24)5-2-15/h1-6,11,13-14H,7-10H2,(H,27,29). The van der Waals surface area contributed by atoms with Gasteiger partial charge in [0.15, 0.2) is 5.54 Å². The fourth-order valence-electron chi connectivity index (χ4n) is 3.93. The van der Waals surface area contributed by atoms with E-state index in [-0.39, 0.29) is 11.7 Å². The number of nitrogens with one attached hydrogen (secondary N) is 1. The van der Waals surface area contributed by atoms with Crippen LogP contribution in [0, 0.1) is 17.1 Å². The number of imidazole rings is 1. The summed E-state index contributed by atoms with van der Waals surface area (Å²) in [5, 5.41) is 12.5. The average Bonchev–Trinajstić information content (AvgIpc) is 3.33. The van der Waals surface area contributed by atoms with Crippen LogP contribution in [0.15, 0.2) is 55.0 Å². The van der Waals surface area contributed by atoms with Crippen LogP contribution in [-0.4, -0.2) is 22.0 Å². The number of hydrogen-bond acceptors (Lipinski definition) is 3. The Morgan fingerprint density at radius 3 is 2.83 bits per heavy atom. The lowest BCUT2D eigenvalue weighted by Gasteiger charge is -2.31. The number of nitrogens with zero attached hydrogens (tertiary/aromatic N) is 3. The van der Waals surface area contributed by atoms with Crippen LogP contribution in [0.1, 0.15) is 28.8 Å². The molecule has 0 saturated carbocycles. The summed E-state index contributed by atoms with van der Waals surface area (Å²) >= 11 is 6.50. The summed E-state index contributed by atoms with van der Waals surface area (Å²) in [6, 6.07) is 13.3. The van der Waals surface area contributed by atoms with Crippen molar-refractivity contribution in [1.82, 2.24) is 14.9 Å². The van der Waals surface area contributed by atoms with Gasteiger partial charge in [-0.25, -0.2) is 9.37 Å². The molecule has 0 saturated heterocycles. The number of carbonyl (C=O) groups is 1. The Bertz CT molecular complexity index is 1100. The van der Waals surface area contributed by atoms with Gasteiger partial charge in [-0.15, -0.1) is 0 Å². The van der Waals surface area contributed by atoms with E-state index in [1.54, 1.807) is 42.9 Å². The van der Waals surface area contributed by atoms with Crippen LogP contribution in [0.5, 0.6) is 0 Å². The van der Waals surface area contributed by atoms with E-state index >= 15 is 0 Å². The fraction of sp³-hybridized carbons (Fsp3) is 0.227. The number of fused-ring (bicyclic) bond motifs is 1. The Morgan fingerprint density at radius 2 is 2.10 bits per heavy atom. The van der Waals surface area contributed by atoms with E-state index in [1.165, 1.54) is 12.1 Å². The molecule has 0 spiro atoms. The highest BCUT2D eigenvalue weighted by atomic mass is 35.5. The van der Waals surface area contributed by atoms with Gasteiger partial charge in [-0.2, -0.15) is 5.26 Å². The Labute approximate surface area is 172 Å². The number of nitriles is 1. The summed E-state index contributed by atoms with van der Waals surface area (Å²) in [4.78, 5) is 17.6. The summed E-state index contributed by atoms with van der Waals surface area (Å²) in [6.45, 7) is 0.407. The van der Waals surface area contributed by atoms with Crippen LogP contribution >= 0.6 is 11.6 Å². The first-order valence-electron chi connectivity index (χ1n) is 9.29. The Morgan fingerprint density at radius 1 is 1.31 bits per heavy atom. The molecule has 1 N–H and O–H groups in total. The van der Waals surface area contributed by atoms with Crippen molar-refractivity contribution in [1.29, 1.82) is 5.26 Å². The Hall–Kier alpha value is -3.17. The molecule has 1 aliphatic rings. The molecular formula is C22H18ClFN4O. The van der Waals surface area contributed by atoms with E-state index in [1.807, 2.05) is 4.57 Å². The molecule has 3 aromatic rings. The zero-order chi connectivity index (χ0) is 20.4. The highest BCUT2D eigenvalue weighted by molar-refractivity contribution is 6.32. The number of benzene rings is 2. The van der Waals surface area contributed by atoms with Crippen LogP contribution in [0.3, 0.4) is 0 Å². The molecule has 1 aliphatic heterocycles. The Balaban J connectivity index is 1.63. The van der Waals surface area contributed by atoms with Gasteiger partial charge in [0.1, 0.15) is 5.82 Å². The molecule has 1 amide bonds.